The van der Waals surface area contributed by atoms with Gasteiger partial charge in [-0.3, -0.25) is 4.79 Å². The fraction of sp³-hybridized carbons (Fsp3) is 0.333. The van der Waals surface area contributed by atoms with Crippen molar-refractivity contribution >= 4 is 5.91 Å². The molecule has 0 bridgehead atoms. The third-order valence-corrected chi connectivity index (χ3v) is 3.63. The van der Waals surface area contributed by atoms with Crippen LogP contribution < -0.4 is 0 Å². The summed E-state index contributed by atoms with van der Waals surface area (Å²) in [5, 5.41) is 13.3. The summed E-state index contributed by atoms with van der Waals surface area (Å²) in [5.41, 5.74) is 2.09. The lowest BCUT2D eigenvalue weighted by Crippen LogP contribution is -2.24. The number of hydrogen-bond donors (Lipinski definition) is 1. The summed E-state index contributed by atoms with van der Waals surface area (Å²) in [6.45, 7) is 1.34. The van der Waals surface area contributed by atoms with Crippen LogP contribution in [0.1, 0.15) is 12.0 Å². The maximum absolute atomic E-state index is 11.8. The fourth-order valence-corrected chi connectivity index (χ4v) is 2.53. The normalized spacial score (nSPS) is 18.8. The van der Waals surface area contributed by atoms with Gasteiger partial charge < -0.3 is 10.0 Å². The molecule has 5 heteroatoms. The van der Waals surface area contributed by atoms with Gasteiger partial charge in [0.15, 0.2) is 0 Å². The minimum Gasteiger partial charge on any atom is -0.396 e. The molecular formula is C15H17N3O2. The van der Waals surface area contributed by atoms with Crippen LogP contribution in [0.15, 0.2) is 42.7 Å². The van der Waals surface area contributed by atoms with E-state index in [9.17, 15) is 4.79 Å². The van der Waals surface area contributed by atoms with Gasteiger partial charge in [0, 0.05) is 44.4 Å². The summed E-state index contributed by atoms with van der Waals surface area (Å²) < 4.78 is 1.80. The summed E-state index contributed by atoms with van der Waals surface area (Å²) >= 11 is 0. The van der Waals surface area contributed by atoms with Gasteiger partial charge in [-0.25, -0.2) is 4.68 Å². The van der Waals surface area contributed by atoms with Crippen LogP contribution in [-0.4, -0.2) is 38.8 Å². The molecule has 2 aromatic rings. The van der Waals surface area contributed by atoms with Crippen molar-refractivity contribution in [3.63, 3.8) is 0 Å². The second-order valence-electron chi connectivity index (χ2n) is 5.14. The van der Waals surface area contributed by atoms with Gasteiger partial charge in [0.1, 0.15) is 0 Å². The lowest BCUT2D eigenvalue weighted by molar-refractivity contribution is -0.128. The van der Waals surface area contributed by atoms with E-state index in [1.165, 1.54) is 0 Å². The lowest BCUT2D eigenvalue weighted by Gasteiger charge is -2.16. The van der Waals surface area contributed by atoms with E-state index in [2.05, 4.69) is 5.10 Å². The zero-order valence-corrected chi connectivity index (χ0v) is 11.1. The fourth-order valence-electron chi connectivity index (χ4n) is 2.53. The monoisotopic (exact) mass is 271 g/mol. The Labute approximate surface area is 117 Å². The number of likely N-dealkylation sites (tertiary alicyclic amines) is 1. The maximum atomic E-state index is 11.8. The Kier molecular flexibility index (Phi) is 3.52. The quantitative estimate of drug-likeness (QED) is 0.909. The van der Waals surface area contributed by atoms with Crippen molar-refractivity contribution in [2.75, 3.05) is 13.2 Å². The van der Waals surface area contributed by atoms with Gasteiger partial charge >= 0.3 is 0 Å². The Morgan fingerprint density at radius 2 is 2.10 bits per heavy atom. The average molecular weight is 271 g/mol. The van der Waals surface area contributed by atoms with Gasteiger partial charge in [0.05, 0.1) is 5.69 Å². The Hall–Kier alpha value is -2.14. The van der Waals surface area contributed by atoms with Gasteiger partial charge in [0.25, 0.3) is 0 Å². The first-order valence-corrected chi connectivity index (χ1v) is 6.74. The van der Waals surface area contributed by atoms with E-state index in [0.717, 1.165) is 11.3 Å². The molecule has 1 fully saturated rings. The molecular weight excluding hydrogens is 254 g/mol. The molecule has 1 N–H and O–H groups in total. The Bertz CT molecular complexity index is 578. The van der Waals surface area contributed by atoms with Crippen molar-refractivity contribution in [1.82, 2.24) is 14.7 Å². The number of benzene rings is 1. The van der Waals surface area contributed by atoms with Crippen molar-refractivity contribution in [2.24, 2.45) is 5.92 Å². The molecule has 1 saturated heterocycles. The minimum atomic E-state index is 0.0838. The number of aliphatic hydroxyl groups is 1. The molecule has 20 heavy (non-hydrogen) atoms. The number of hydrogen-bond acceptors (Lipinski definition) is 3. The van der Waals surface area contributed by atoms with Crippen LogP contribution in [0.2, 0.25) is 0 Å². The molecule has 2 heterocycles. The van der Waals surface area contributed by atoms with Crippen molar-refractivity contribution in [2.45, 2.75) is 13.0 Å². The molecule has 5 nitrogen and oxygen atoms in total. The predicted octanol–water partition coefficient (Wildman–Crippen LogP) is 1.21. The highest BCUT2D eigenvalue weighted by atomic mass is 16.3. The Morgan fingerprint density at radius 3 is 2.70 bits per heavy atom. The summed E-state index contributed by atoms with van der Waals surface area (Å²) in [5.74, 6) is 0.214. The van der Waals surface area contributed by atoms with Gasteiger partial charge in [-0.15, -0.1) is 0 Å². The summed E-state index contributed by atoms with van der Waals surface area (Å²) in [4.78, 5) is 13.6. The highest BCUT2D eigenvalue weighted by Crippen LogP contribution is 2.20. The van der Waals surface area contributed by atoms with Crippen LogP contribution in [0.25, 0.3) is 5.69 Å². The molecule has 1 aromatic heterocycles. The summed E-state index contributed by atoms with van der Waals surface area (Å²) in [6.07, 6.45) is 4.10. The molecule has 0 aliphatic carbocycles. The number of nitrogens with zero attached hydrogens (tertiary/aromatic N) is 3. The largest absolute Gasteiger partial charge is 0.396 e. The standard InChI is InChI=1S/C15H17N3O2/c19-11-13-8-15(20)17(10-13)9-12-2-4-14(5-3-12)18-7-1-6-16-18/h1-7,13,19H,8-11H2. The molecule has 1 amide bonds. The first-order chi connectivity index (χ1) is 9.76. The van der Waals surface area contributed by atoms with Crippen LogP contribution >= 0.6 is 0 Å². The average Bonchev–Trinajstić information content (AvgIpc) is 3.10. The van der Waals surface area contributed by atoms with E-state index >= 15 is 0 Å². The molecule has 104 valence electrons. The van der Waals surface area contributed by atoms with E-state index < -0.39 is 0 Å². The molecule has 0 saturated carbocycles. The van der Waals surface area contributed by atoms with E-state index in [1.54, 1.807) is 10.9 Å². The molecule has 3 rings (SSSR count). The maximum Gasteiger partial charge on any atom is 0.223 e. The molecule has 1 aliphatic heterocycles. The smallest absolute Gasteiger partial charge is 0.223 e. The molecule has 1 atom stereocenters. The predicted molar refractivity (Wildman–Crippen MR) is 74.2 cm³/mol. The first-order valence-electron chi connectivity index (χ1n) is 6.74. The lowest BCUT2D eigenvalue weighted by atomic mass is 10.1. The van der Waals surface area contributed by atoms with E-state index in [4.69, 9.17) is 5.11 Å². The summed E-state index contributed by atoms with van der Waals surface area (Å²) in [6, 6.07) is 9.89. The number of carbonyl (C=O) groups excluding carboxylic acids is 1. The molecule has 1 aromatic carbocycles. The van der Waals surface area contributed by atoms with E-state index in [-0.39, 0.29) is 18.4 Å². The van der Waals surface area contributed by atoms with Gasteiger partial charge in [-0.05, 0) is 23.8 Å². The zero-order valence-electron chi connectivity index (χ0n) is 11.1. The number of amides is 1. The topological polar surface area (TPSA) is 58.4 Å². The van der Waals surface area contributed by atoms with Gasteiger partial charge in [-0.2, -0.15) is 5.10 Å². The number of rotatable bonds is 4. The molecule has 1 unspecified atom stereocenters. The van der Waals surface area contributed by atoms with Crippen LogP contribution in [0, 0.1) is 5.92 Å². The van der Waals surface area contributed by atoms with Gasteiger partial charge in [0.2, 0.25) is 5.91 Å². The third kappa shape index (κ3) is 2.58. The number of aliphatic hydroxyl groups excluding tert-OH is 1. The first kappa shape index (κ1) is 12.9. The Morgan fingerprint density at radius 1 is 1.30 bits per heavy atom. The van der Waals surface area contributed by atoms with Crippen LogP contribution in [0.4, 0.5) is 0 Å². The van der Waals surface area contributed by atoms with Crippen LogP contribution in [-0.2, 0) is 11.3 Å². The number of carbonyl (C=O) groups is 1. The van der Waals surface area contributed by atoms with E-state index in [0.29, 0.717) is 19.5 Å². The number of aromatic nitrogens is 2. The second kappa shape index (κ2) is 5.46. The SMILES string of the molecule is O=C1CC(CO)CN1Cc1ccc(-n2cccn2)cc1. The molecule has 0 spiro atoms. The third-order valence-electron chi connectivity index (χ3n) is 3.63. The van der Waals surface area contributed by atoms with Crippen molar-refractivity contribution < 1.29 is 9.90 Å². The molecule has 0 radical (unpaired) electrons. The van der Waals surface area contributed by atoms with Crippen molar-refractivity contribution in [3.8, 4) is 5.69 Å². The Balaban J connectivity index is 1.68. The summed E-state index contributed by atoms with van der Waals surface area (Å²) in [7, 11) is 0. The van der Waals surface area contributed by atoms with Gasteiger partial charge in [-0.1, -0.05) is 12.1 Å². The molecule has 1 aliphatic rings. The van der Waals surface area contributed by atoms with Crippen LogP contribution in [0.3, 0.4) is 0 Å². The highest BCUT2D eigenvalue weighted by Gasteiger charge is 2.28. The highest BCUT2D eigenvalue weighted by molar-refractivity contribution is 5.78. The van der Waals surface area contributed by atoms with Crippen LogP contribution in [0.5, 0.6) is 0 Å². The second-order valence-corrected chi connectivity index (χ2v) is 5.14. The zero-order chi connectivity index (χ0) is 13.9. The minimum absolute atomic E-state index is 0.0838. The van der Waals surface area contributed by atoms with E-state index in [1.807, 2.05) is 41.4 Å². The van der Waals surface area contributed by atoms with Crippen molar-refractivity contribution in [1.29, 1.82) is 0 Å². The van der Waals surface area contributed by atoms with Crippen molar-refractivity contribution in [3.05, 3.63) is 48.3 Å².